The Hall–Kier alpha value is -2.82. The Morgan fingerprint density at radius 3 is 2.62 bits per heavy atom. The first-order valence-electron chi connectivity index (χ1n) is 7.94. The number of para-hydroxylation sites is 1. The molecule has 0 unspecified atom stereocenters. The van der Waals surface area contributed by atoms with Gasteiger partial charge in [-0.25, -0.2) is 0 Å². The monoisotopic (exact) mass is 326 g/mol. The molecule has 0 spiro atoms. The van der Waals surface area contributed by atoms with Crippen molar-refractivity contribution in [3.8, 4) is 5.75 Å². The van der Waals surface area contributed by atoms with E-state index in [4.69, 9.17) is 10.5 Å². The van der Waals surface area contributed by atoms with Crippen LogP contribution in [0.15, 0.2) is 48.5 Å². The maximum Gasteiger partial charge on any atom is 0.250 e. The SMILES string of the molecule is Cc1cccc(OCCCCC(=O)Nc2ccccc2C(N)=O)c1. The van der Waals surface area contributed by atoms with Gasteiger partial charge in [-0.05, 0) is 49.6 Å². The number of benzene rings is 2. The van der Waals surface area contributed by atoms with Gasteiger partial charge in [-0.1, -0.05) is 24.3 Å². The van der Waals surface area contributed by atoms with Crippen LogP contribution < -0.4 is 15.8 Å². The first kappa shape index (κ1) is 17.5. The second-order valence-corrected chi connectivity index (χ2v) is 5.58. The number of amides is 2. The number of unbranched alkanes of at least 4 members (excludes halogenated alkanes) is 1. The van der Waals surface area contributed by atoms with Gasteiger partial charge < -0.3 is 15.8 Å². The lowest BCUT2D eigenvalue weighted by Gasteiger charge is -2.09. The van der Waals surface area contributed by atoms with Crippen LogP contribution in [0.2, 0.25) is 0 Å². The van der Waals surface area contributed by atoms with Crippen LogP contribution in [0.25, 0.3) is 0 Å². The molecule has 24 heavy (non-hydrogen) atoms. The summed E-state index contributed by atoms with van der Waals surface area (Å²) in [6.07, 6.45) is 1.85. The van der Waals surface area contributed by atoms with Crippen LogP contribution in [0.3, 0.4) is 0 Å². The lowest BCUT2D eigenvalue weighted by atomic mass is 10.1. The second-order valence-electron chi connectivity index (χ2n) is 5.58. The Kier molecular flexibility index (Phi) is 6.37. The lowest BCUT2D eigenvalue weighted by Crippen LogP contribution is -2.18. The largest absolute Gasteiger partial charge is 0.494 e. The molecule has 126 valence electrons. The van der Waals surface area contributed by atoms with Crippen LogP contribution in [0.4, 0.5) is 5.69 Å². The zero-order valence-electron chi connectivity index (χ0n) is 13.7. The van der Waals surface area contributed by atoms with Crippen molar-refractivity contribution in [1.29, 1.82) is 0 Å². The number of carbonyl (C=O) groups is 2. The van der Waals surface area contributed by atoms with Gasteiger partial charge in [-0.15, -0.1) is 0 Å². The van der Waals surface area contributed by atoms with Crippen LogP contribution in [-0.2, 0) is 4.79 Å². The Balaban J connectivity index is 1.71. The third-order valence-electron chi connectivity index (χ3n) is 3.52. The van der Waals surface area contributed by atoms with Crippen molar-refractivity contribution < 1.29 is 14.3 Å². The number of hydrogen-bond acceptors (Lipinski definition) is 3. The van der Waals surface area contributed by atoms with E-state index in [1.165, 1.54) is 0 Å². The molecule has 0 fully saturated rings. The van der Waals surface area contributed by atoms with Gasteiger partial charge in [0.2, 0.25) is 5.91 Å². The fraction of sp³-hybridized carbons (Fsp3) is 0.263. The fourth-order valence-corrected chi connectivity index (χ4v) is 2.30. The predicted molar refractivity (Wildman–Crippen MR) is 94.1 cm³/mol. The molecule has 2 aromatic rings. The van der Waals surface area contributed by atoms with Crippen LogP contribution in [0.1, 0.15) is 35.2 Å². The highest BCUT2D eigenvalue weighted by Gasteiger charge is 2.09. The summed E-state index contributed by atoms with van der Waals surface area (Å²) in [4.78, 5) is 23.3. The zero-order valence-corrected chi connectivity index (χ0v) is 13.7. The Morgan fingerprint density at radius 2 is 1.88 bits per heavy atom. The Bertz CT molecular complexity index is 713. The van der Waals surface area contributed by atoms with Gasteiger partial charge >= 0.3 is 0 Å². The highest BCUT2D eigenvalue weighted by Crippen LogP contribution is 2.15. The van der Waals surface area contributed by atoms with Gasteiger partial charge in [0.1, 0.15) is 5.75 Å². The van der Waals surface area contributed by atoms with Crippen molar-refractivity contribution in [3.63, 3.8) is 0 Å². The number of hydrogen-bond donors (Lipinski definition) is 2. The summed E-state index contributed by atoms with van der Waals surface area (Å²) in [6.45, 7) is 2.58. The van der Waals surface area contributed by atoms with Crippen LogP contribution in [0.5, 0.6) is 5.75 Å². The Labute approximate surface area is 141 Å². The van der Waals surface area contributed by atoms with Gasteiger partial charge in [0.25, 0.3) is 5.91 Å². The summed E-state index contributed by atoms with van der Waals surface area (Å²) in [5.74, 6) is 0.145. The molecule has 0 aromatic heterocycles. The number of nitrogens with two attached hydrogens (primary N) is 1. The number of carbonyl (C=O) groups excluding carboxylic acids is 2. The van der Waals surface area contributed by atoms with Gasteiger partial charge in [0.05, 0.1) is 17.9 Å². The molecule has 3 N–H and O–H groups in total. The standard InChI is InChI=1S/C19H22N2O3/c1-14-7-6-8-15(13-14)24-12-5-4-11-18(22)21-17-10-3-2-9-16(17)19(20)23/h2-3,6-10,13H,4-5,11-12H2,1H3,(H2,20,23)(H,21,22). The maximum atomic E-state index is 12.0. The highest BCUT2D eigenvalue weighted by atomic mass is 16.5. The number of nitrogens with one attached hydrogen (secondary N) is 1. The molecule has 2 aromatic carbocycles. The third kappa shape index (κ3) is 5.43. The molecule has 2 amide bonds. The maximum absolute atomic E-state index is 12.0. The fourth-order valence-electron chi connectivity index (χ4n) is 2.30. The van der Waals surface area contributed by atoms with Crippen molar-refractivity contribution in [2.75, 3.05) is 11.9 Å². The van der Waals surface area contributed by atoms with Crippen molar-refractivity contribution >= 4 is 17.5 Å². The molecule has 0 bridgehead atoms. The molecular formula is C19H22N2O3. The summed E-state index contributed by atoms with van der Waals surface area (Å²) >= 11 is 0. The lowest BCUT2D eigenvalue weighted by molar-refractivity contribution is -0.116. The number of ether oxygens (including phenoxy) is 1. The van der Waals surface area contributed by atoms with Gasteiger partial charge in [-0.3, -0.25) is 9.59 Å². The van der Waals surface area contributed by atoms with E-state index in [0.29, 0.717) is 30.7 Å². The van der Waals surface area contributed by atoms with E-state index >= 15 is 0 Å². The van der Waals surface area contributed by atoms with E-state index in [-0.39, 0.29) is 5.91 Å². The molecule has 0 heterocycles. The summed E-state index contributed by atoms with van der Waals surface area (Å²) < 4.78 is 5.64. The summed E-state index contributed by atoms with van der Waals surface area (Å²) in [6, 6.07) is 14.6. The average molecular weight is 326 g/mol. The van der Waals surface area contributed by atoms with Gasteiger partial charge in [0, 0.05) is 6.42 Å². The summed E-state index contributed by atoms with van der Waals surface area (Å²) in [5, 5.41) is 2.73. The van der Waals surface area contributed by atoms with Crippen LogP contribution in [-0.4, -0.2) is 18.4 Å². The molecule has 0 saturated carbocycles. The average Bonchev–Trinajstić information content (AvgIpc) is 2.55. The number of rotatable bonds is 8. The minimum absolute atomic E-state index is 0.140. The molecule has 0 aliphatic carbocycles. The zero-order chi connectivity index (χ0) is 17.4. The van der Waals surface area contributed by atoms with Gasteiger partial charge in [-0.2, -0.15) is 0 Å². The quantitative estimate of drug-likeness (QED) is 0.730. The van der Waals surface area contributed by atoms with E-state index < -0.39 is 5.91 Å². The van der Waals surface area contributed by atoms with Crippen LogP contribution in [0, 0.1) is 6.92 Å². The second kappa shape index (κ2) is 8.72. The topological polar surface area (TPSA) is 81.4 Å². The predicted octanol–water partition coefficient (Wildman–Crippen LogP) is 3.28. The minimum atomic E-state index is -0.558. The molecule has 0 radical (unpaired) electrons. The molecular weight excluding hydrogens is 304 g/mol. The van der Waals surface area contributed by atoms with Crippen molar-refractivity contribution in [2.24, 2.45) is 5.73 Å². The molecule has 2 rings (SSSR count). The first-order chi connectivity index (χ1) is 11.6. The van der Waals surface area contributed by atoms with Gasteiger partial charge in [0.15, 0.2) is 0 Å². The number of aryl methyl sites for hydroxylation is 1. The Morgan fingerprint density at radius 1 is 1.08 bits per heavy atom. The molecule has 5 nitrogen and oxygen atoms in total. The molecule has 0 atom stereocenters. The molecule has 5 heteroatoms. The smallest absolute Gasteiger partial charge is 0.250 e. The third-order valence-corrected chi connectivity index (χ3v) is 3.52. The summed E-state index contributed by atoms with van der Waals surface area (Å²) in [5.41, 5.74) is 7.21. The normalized spacial score (nSPS) is 10.2. The minimum Gasteiger partial charge on any atom is -0.494 e. The van der Waals surface area contributed by atoms with E-state index in [9.17, 15) is 9.59 Å². The number of primary amides is 1. The van der Waals surface area contributed by atoms with Crippen molar-refractivity contribution in [1.82, 2.24) is 0 Å². The molecule has 0 aliphatic rings. The van der Waals surface area contributed by atoms with Crippen molar-refractivity contribution in [3.05, 3.63) is 59.7 Å². The molecule has 0 saturated heterocycles. The van der Waals surface area contributed by atoms with Crippen LogP contribution >= 0.6 is 0 Å². The number of anilines is 1. The van der Waals surface area contributed by atoms with E-state index in [2.05, 4.69) is 5.32 Å². The van der Waals surface area contributed by atoms with Crippen molar-refractivity contribution in [2.45, 2.75) is 26.2 Å². The summed E-state index contributed by atoms with van der Waals surface area (Å²) in [7, 11) is 0. The van der Waals surface area contributed by atoms with E-state index in [1.807, 2.05) is 31.2 Å². The van der Waals surface area contributed by atoms with E-state index in [1.54, 1.807) is 24.3 Å². The highest BCUT2D eigenvalue weighted by molar-refractivity contribution is 6.02. The molecule has 0 aliphatic heterocycles. The van der Waals surface area contributed by atoms with E-state index in [0.717, 1.165) is 17.7 Å². The first-order valence-corrected chi connectivity index (χ1v) is 7.94.